The van der Waals surface area contributed by atoms with E-state index in [1.807, 2.05) is 18.4 Å². The van der Waals surface area contributed by atoms with Crippen molar-refractivity contribution in [2.45, 2.75) is 32.2 Å². The zero-order valence-electron chi connectivity index (χ0n) is 16.2. The Balaban J connectivity index is 0.00000261. The number of aliphatic imine (C=N–C) groups is 1. The van der Waals surface area contributed by atoms with Crippen LogP contribution in [-0.2, 0) is 6.42 Å². The van der Waals surface area contributed by atoms with Crippen LogP contribution in [0.25, 0.3) is 0 Å². The fourth-order valence-corrected chi connectivity index (χ4v) is 4.29. The fraction of sp³-hybridized carbons (Fsp3) is 0.476. The maximum absolute atomic E-state index is 4.41. The lowest BCUT2D eigenvalue weighted by Gasteiger charge is -2.34. The Labute approximate surface area is 184 Å². The third kappa shape index (κ3) is 6.99. The minimum absolute atomic E-state index is 0. The Kier molecular flexibility index (Phi) is 9.41. The average Bonchev–Trinajstić information content (AvgIpc) is 3.19. The molecule has 1 unspecified atom stereocenters. The third-order valence-electron chi connectivity index (χ3n) is 4.93. The van der Waals surface area contributed by atoms with E-state index < -0.39 is 0 Å². The van der Waals surface area contributed by atoms with Crippen LogP contribution in [0, 0.1) is 5.92 Å². The molecular weight excluding hydrogens is 467 g/mol. The molecule has 4 nitrogen and oxygen atoms in total. The van der Waals surface area contributed by atoms with E-state index in [2.05, 4.69) is 75.3 Å². The summed E-state index contributed by atoms with van der Waals surface area (Å²) in [5.41, 5.74) is 1.33. The van der Waals surface area contributed by atoms with Gasteiger partial charge in [-0.3, -0.25) is 4.99 Å². The first-order valence-corrected chi connectivity index (χ1v) is 10.4. The molecule has 0 radical (unpaired) electrons. The number of piperidine rings is 1. The van der Waals surface area contributed by atoms with Crippen molar-refractivity contribution in [2.75, 3.05) is 31.6 Å². The molecule has 27 heavy (non-hydrogen) atoms. The average molecular weight is 498 g/mol. The highest BCUT2D eigenvalue weighted by Crippen LogP contribution is 2.19. The van der Waals surface area contributed by atoms with E-state index in [9.17, 15) is 0 Å². The standard InChI is InChI=1S/C21H30N4S.HI/c1-17(15-20-9-6-14-26-20)16-23-21(22-2)24-18-10-12-25(13-11-18)19-7-4-3-5-8-19;/h3-9,14,17-18H,10-13,15-16H2,1-2H3,(H2,22,23,24);1H. The molecule has 2 N–H and O–H groups in total. The van der Waals surface area contributed by atoms with Crippen molar-refractivity contribution < 1.29 is 0 Å². The molecule has 148 valence electrons. The van der Waals surface area contributed by atoms with Gasteiger partial charge in [-0.2, -0.15) is 0 Å². The van der Waals surface area contributed by atoms with Gasteiger partial charge < -0.3 is 15.5 Å². The molecule has 2 aromatic rings. The number of nitrogens with one attached hydrogen (secondary N) is 2. The first kappa shape index (κ1) is 22.0. The van der Waals surface area contributed by atoms with E-state index in [0.717, 1.165) is 44.9 Å². The Morgan fingerprint density at radius 3 is 2.56 bits per heavy atom. The second-order valence-electron chi connectivity index (χ2n) is 7.08. The number of anilines is 1. The van der Waals surface area contributed by atoms with Crippen molar-refractivity contribution in [1.82, 2.24) is 10.6 Å². The summed E-state index contributed by atoms with van der Waals surface area (Å²) in [4.78, 5) is 8.34. The van der Waals surface area contributed by atoms with Crippen LogP contribution in [-0.4, -0.2) is 38.7 Å². The van der Waals surface area contributed by atoms with E-state index >= 15 is 0 Å². The first-order chi connectivity index (χ1) is 12.7. The Morgan fingerprint density at radius 2 is 1.93 bits per heavy atom. The first-order valence-electron chi connectivity index (χ1n) is 9.54. The number of rotatable bonds is 6. The molecule has 1 aliphatic rings. The number of para-hydroxylation sites is 1. The Bertz CT molecular complexity index is 667. The number of halogens is 1. The SMILES string of the molecule is CN=C(NCC(C)Cc1cccs1)NC1CCN(c2ccccc2)CC1.I. The highest BCUT2D eigenvalue weighted by Gasteiger charge is 2.20. The molecule has 1 aromatic heterocycles. The Morgan fingerprint density at radius 1 is 1.19 bits per heavy atom. The second kappa shape index (κ2) is 11.5. The molecule has 0 bridgehead atoms. The minimum atomic E-state index is 0. The zero-order valence-corrected chi connectivity index (χ0v) is 19.4. The molecule has 1 saturated heterocycles. The maximum atomic E-state index is 4.41. The van der Waals surface area contributed by atoms with E-state index in [4.69, 9.17) is 0 Å². The summed E-state index contributed by atoms with van der Waals surface area (Å²) in [6.45, 7) is 5.42. The summed E-state index contributed by atoms with van der Waals surface area (Å²) < 4.78 is 0. The highest BCUT2D eigenvalue weighted by atomic mass is 127. The monoisotopic (exact) mass is 498 g/mol. The summed E-state index contributed by atoms with van der Waals surface area (Å²) in [6, 6.07) is 15.5. The van der Waals surface area contributed by atoms with Crippen molar-refractivity contribution in [2.24, 2.45) is 10.9 Å². The van der Waals surface area contributed by atoms with E-state index in [0.29, 0.717) is 12.0 Å². The van der Waals surface area contributed by atoms with Gasteiger partial charge in [0.25, 0.3) is 0 Å². The van der Waals surface area contributed by atoms with Crippen LogP contribution in [0.3, 0.4) is 0 Å². The van der Waals surface area contributed by atoms with Gasteiger partial charge in [0.05, 0.1) is 0 Å². The molecule has 1 atom stereocenters. The number of guanidine groups is 1. The summed E-state index contributed by atoms with van der Waals surface area (Å²) in [5, 5.41) is 9.26. The number of benzene rings is 1. The van der Waals surface area contributed by atoms with Gasteiger partial charge in [0, 0.05) is 43.3 Å². The van der Waals surface area contributed by atoms with Crippen LogP contribution in [0.4, 0.5) is 5.69 Å². The Hall–Kier alpha value is -1.28. The van der Waals surface area contributed by atoms with Crippen LogP contribution in [0.1, 0.15) is 24.6 Å². The smallest absolute Gasteiger partial charge is 0.191 e. The topological polar surface area (TPSA) is 39.7 Å². The van der Waals surface area contributed by atoms with Crippen molar-refractivity contribution in [3.63, 3.8) is 0 Å². The maximum Gasteiger partial charge on any atom is 0.191 e. The molecule has 0 spiro atoms. The van der Waals surface area contributed by atoms with Gasteiger partial charge in [0.15, 0.2) is 5.96 Å². The molecule has 1 fully saturated rings. The molecule has 1 aliphatic heterocycles. The van der Waals surface area contributed by atoms with Crippen molar-refractivity contribution in [1.29, 1.82) is 0 Å². The quantitative estimate of drug-likeness (QED) is 0.353. The van der Waals surface area contributed by atoms with Crippen LogP contribution in [0.5, 0.6) is 0 Å². The van der Waals surface area contributed by atoms with Crippen LogP contribution in [0.2, 0.25) is 0 Å². The number of thiophene rings is 1. The zero-order chi connectivity index (χ0) is 18.2. The van der Waals surface area contributed by atoms with Crippen LogP contribution in [0.15, 0.2) is 52.8 Å². The van der Waals surface area contributed by atoms with E-state index in [1.165, 1.54) is 10.6 Å². The number of nitrogens with zero attached hydrogens (tertiary/aromatic N) is 2. The van der Waals surface area contributed by atoms with Crippen LogP contribution < -0.4 is 15.5 Å². The van der Waals surface area contributed by atoms with Gasteiger partial charge in [-0.25, -0.2) is 0 Å². The lowest BCUT2D eigenvalue weighted by Crippen LogP contribution is -2.49. The molecule has 0 aliphatic carbocycles. The molecule has 1 aromatic carbocycles. The lowest BCUT2D eigenvalue weighted by atomic mass is 10.0. The molecular formula is C21H31IN4S. The van der Waals surface area contributed by atoms with E-state index in [-0.39, 0.29) is 24.0 Å². The molecule has 3 rings (SSSR count). The fourth-order valence-electron chi connectivity index (χ4n) is 3.42. The largest absolute Gasteiger partial charge is 0.371 e. The third-order valence-corrected chi connectivity index (χ3v) is 5.83. The predicted molar refractivity (Wildman–Crippen MR) is 129 cm³/mol. The summed E-state index contributed by atoms with van der Waals surface area (Å²) in [7, 11) is 1.86. The van der Waals surface area contributed by atoms with E-state index in [1.54, 1.807) is 0 Å². The van der Waals surface area contributed by atoms with Crippen molar-refractivity contribution >= 4 is 47.0 Å². The molecule has 0 saturated carbocycles. The summed E-state index contributed by atoms with van der Waals surface area (Å²) in [5.74, 6) is 1.52. The van der Waals surface area contributed by atoms with Gasteiger partial charge in [-0.05, 0) is 48.8 Å². The van der Waals surface area contributed by atoms with Crippen molar-refractivity contribution in [3.05, 3.63) is 52.7 Å². The van der Waals surface area contributed by atoms with Gasteiger partial charge >= 0.3 is 0 Å². The number of hydrogen-bond donors (Lipinski definition) is 2. The number of hydrogen-bond acceptors (Lipinski definition) is 3. The van der Waals surface area contributed by atoms with Crippen molar-refractivity contribution in [3.8, 4) is 0 Å². The second-order valence-corrected chi connectivity index (χ2v) is 8.12. The summed E-state index contributed by atoms with van der Waals surface area (Å²) in [6.07, 6.45) is 3.40. The van der Waals surface area contributed by atoms with Gasteiger partial charge in [-0.15, -0.1) is 35.3 Å². The molecule has 2 heterocycles. The lowest BCUT2D eigenvalue weighted by molar-refractivity contribution is 0.458. The predicted octanol–water partition coefficient (Wildman–Crippen LogP) is 4.38. The normalized spacial score (nSPS) is 16.5. The van der Waals surface area contributed by atoms with Gasteiger partial charge in [-0.1, -0.05) is 31.2 Å². The highest BCUT2D eigenvalue weighted by molar-refractivity contribution is 14.0. The van der Waals surface area contributed by atoms with Gasteiger partial charge in [0.2, 0.25) is 0 Å². The minimum Gasteiger partial charge on any atom is -0.371 e. The van der Waals surface area contributed by atoms with Crippen LogP contribution >= 0.6 is 35.3 Å². The van der Waals surface area contributed by atoms with Gasteiger partial charge in [0.1, 0.15) is 0 Å². The molecule has 0 amide bonds. The summed E-state index contributed by atoms with van der Waals surface area (Å²) >= 11 is 1.84. The molecule has 6 heteroatoms.